The molecule has 2 aliphatic rings. The van der Waals surface area contributed by atoms with Crippen molar-refractivity contribution in [3.05, 3.63) is 28.8 Å². The van der Waals surface area contributed by atoms with Crippen LogP contribution in [-0.4, -0.2) is 56.2 Å². The molecule has 126 valence electrons. The number of nitrogens with zero attached hydrogens (tertiary/aromatic N) is 2. The van der Waals surface area contributed by atoms with E-state index in [4.69, 9.17) is 4.74 Å². The molecule has 3 rings (SSSR count). The van der Waals surface area contributed by atoms with E-state index in [-0.39, 0.29) is 6.03 Å². The summed E-state index contributed by atoms with van der Waals surface area (Å²) in [5, 5.41) is 3.05. The summed E-state index contributed by atoms with van der Waals surface area (Å²) in [6.07, 6.45) is 4.53. The third-order valence-electron chi connectivity index (χ3n) is 5.11. The third-order valence-corrected chi connectivity index (χ3v) is 5.11. The Bertz CT molecular complexity index is 586. The number of nitrogens with one attached hydrogen (secondary N) is 1. The molecule has 1 atom stereocenters. The second-order valence-corrected chi connectivity index (χ2v) is 6.80. The molecule has 1 aliphatic carbocycles. The van der Waals surface area contributed by atoms with Crippen LogP contribution in [0.3, 0.4) is 0 Å². The lowest BCUT2D eigenvalue weighted by molar-refractivity contribution is 0.203. The summed E-state index contributed by atoms with van der Waals surface area (Å²) >= 11 is 0. The van der Waals surface area contributed by atoms with Gasteiger partial charge in [-0.05, 0) is 57.0 Å². The minimum Gasteiger partial charge on any atom is -0.496 e. The van der Waals surface area contributed by atoms with Gasteiger partial charge in [0.15, 0.2) is 0 Å². The van der Waals surface area contributed by atoms with E-state index in [2.05, 4.69) is 36.4 Å². The molecule has 0 bridgehead atoms. The van der Waals surface area contributed by atoms with Crippen LogP contribution in [-0.2, 0) is 19.4 Å². The molecule has 0 unspecified atom stereocenters. The highest BCUT2D eigenvalue weighted by Crippen LogP contribution is 2.29. The molecule has 1 N–H and O–H groups in total. The second-order valence-electron chi connectivity index (χ2n) is 6.80. The van der Waals surface area contributed by atoms with Gasteiger partial charge in [0, 0.05) is 31.2 Å². The monoisotopic (exact) mass is 317 g/mol. The van der Waals surface area contributed by atoms with Crippen molar-refractivity contribution in [1.29, 1.82) is 0 Å². The van der Waals surface area contributed by atoms with Crippen molar-refractivity contribution in [2.75, 3.05) is 34.3 Å². The maximum absolute atomic E-state index is 12.4. The predicted octanol–water partition coefficient (Wildman–Crippen LogP) is 2.03. The van der Waals surface area contributed by atoms with E-state index in [9.17, 15) is 4.79 Å². The van der Waals surface area contributed by atoms with Crippen LogP contribution >= 0.6 is 0 Å². The van der Waals surface area contributed by atoms with Gasteiger partial charge in [-0.1, -0.05) is 6.07 Å². The van der Waals surface area contributed by atoms with Crippen LogP contribution in [0.5, 0.6) is 5.75 Å². The highest BCUT2D eigenvalue weighted by Gasteiger charge is 2.27. The van der Waals surface area contributed by atoms with Crippen LogP contribution in [0.1, 0.15) is 29.5 Å². The number of methoxy groups -OCH3 is 1. The third kappa shape index (κ3) is 3.44. The largest absolute Gasteiger partial charge is 0.496 e. The van der Waals surface area contributed by atoms with Crippen molar-refractivity contribution < 1.29 is 9.53 Å². The number of hydrogen-bond donors (Lipinski definition) is 1. The minimum absolute atomic E-state index is 0.0249. The first-order chi connectivity index (χ1) is 11.1. The SMILES string of the molecule is COc1cc2c(cc1CNC(=O)N1CC[C@H](N(C)C)C1)CCC2. The summed E-state index contributed by atoms with van der Waals surface area (Å²) in [5.74, 6) is 0.888. The Balaban J connectivity index is 1.61. The van der Waals surface area contributed by atoms with Crippen molar-refractivity contribution in [2.45, 2.75) is 38.3 Å². The highest BCUT2D eigenvalue weighted by atomic mass is 16.5. The number of urea groups is 1. The number of hydrogen-bond acceptors (Lipinski definition) is 3. The molecule has 1 fully saturated rings. The molecule has 5 nitrogen and oxygen atoms in total. The number of likely N-dealkylation sites (tertiary alicyclic amines) is 1. The fourth-order valence-electron chi connectivity index (χ4n) is 3.61. The van der Waals surface area contributed by atoms with Crippen molar-refractivity contribution in [2.24, 2.45) is 0 Å². The van der Waals surface area contributed by atoms with Gasteiger partial charge in [0.2, 0.25) is 0 Å². The van der Waals surface area contributed by atoms with Gasteiger partial charge in [0.1, 0.15) is 5.75 Å². The lowest BCUT2D eigenvalue weighted by Gasteiger charge is -2.21. The van der Waals surface area contributed by atoms with Crippen LogP contribution in [0.2, 0.25) is 0 Å². The molecule has 0 saturated carbocycles. The standard InChI is InChI=1S/C18H27N3O2/c1-20(2)16-7-8-21(12-16)18(22)19-11-15-9-13-5-4-6-14(13)10-17(15)23-3/h9-10,16H,4-8,11-12H2,1-3H3,(H,19,22)/t16-/m0/s1. The molecule has 5 heteroatoms. The topological polar surface area (TPSA) is 44.8 Å². The number of amides is 2. The summed E-state index contributed by atoms with van der Waals surface area (Å²) < 4.78 is 5.51. The Hall–Kier alpha value is -1.75. The van der Waals surface area contributed by atoms with Crippen molar-refractivity contribution >= 4 is 6.03 Å². The van der Waals surface area contributed by atoms with Gasteiger partial charge in [0.25, 0.3) is 0 Å². The molecule has 0 aromatic heterocycles. The van der Waals surface area contributed by atoms with Crippen LogP contribution < -0.4 is 10.1 Å². The Kier molecular flexibility index (Phi) is 4.76. The average molecular weight is 317 g/mol. The average Bonchev–Trinajstić information content (AvgIpc) is 3.20. The summed E-state index contributed by atoms with van der Waals surface area (Å²) in [7, 11) is 5.84. The van der Waals surface area contributed by atoms with Gasteiger partial charge >= 0.3 is 6.03 Å². The lowest BCUT2D eigenvalue weighted by atomic mass is 10.1. The van der Waals surface area contributed by atoms with E-state index in [1.54, 1.807) is 7.11 Å². The summed E-state index contributed by atoms with van der Waals surface area (Å²) in [6.45, 7) is 2.16. The first-order valence-corrected chi connectivity index (χ1v) is 8.46. The van der Waals surface area contributed by atoms with E-state index in [1.807, 2.05) is 4.90 Å². The van der Waals surface area contributed by atoms with E-state index in [1.165, 1.54) is 17.5 Å². The Morgan fingerprint density at radius 3 is 2.74 bits per heavy atom. The van der Waals surface area contributed by atoms with Crippen LogP contribution in [0.4, 0.5) is 4.79 Å². The van der Waals surface area contributed by atoms with E-state index in [0.717, 1.165) is 43.7 Å². The molecule has 1 aliphatic heterocycles. The van der Waals surface area contributed by atoms with E-state index in [0.29, 0.717) is 12.6 Å². The molecule has 1 aromatic rings. The second kappa shape index (κ2) is 6.79. The summed E-state index contributed by atoms with van der Waals surface area (Å²) in [5.41, 5.74) is 3.87. The van der Waals surface area contributed by atoms with Crippen molar-refractivity contribution in [1.82, 2.24) is 15.1 Å². The number of carbonyl (C=O) groups is 1. The van der Waals surface area contributed by atoms with Gasteiger partial charge in [0.05, 0.1) is 7.11 Å². The molecule has 23 heavy (non-hydrogen) atoms. The molecular formula is C18H27N3O2. The van der Waals surface area contributed by atoms with Gasteiger partial charge in [-0.2, -0.15) is 0 Å². The molecule has 0 radical (unpaired) electrons. The van der Waals surface area contributed by atoms with Crippen LogP contribution in [0, 0.1) is 0 Å². The zero-order chi connectivity index (χ0) is 16.4. The maximum atomic E-state index is 12.4. The van der Waals surface area contributed by atoms with Crippen LogP contribution in [0.15, 0.2) is 12.1 Å². The zero-order valence-electron chi connectivity index (χ0n) is 14.4. The normalized spacial score (nSPS) is 20.0. The highest BCUT2D eigenvalue weighted by molar-refractivity contribution is 5.74. The molecule has 2 amide bonds. The number of ether oxygens (including phenoxy) is 1. The lowest BCUT2D eigenvalue weighted by Crippen LogP contribution is -2.40. The van der Waals surface area contributed by atoms with Gasteiger partial charge in [-0.25, -0.2) is 4.79 Å². The van der Waals surface area contributed by atoms with Crippen molar-refractivity contribution in [3.63, 3.8) is 0 Å². The molecule has 1 aromatic carbocycles. The maximum Gasteiger partial charge on any atom is 0.317 e. The Morgan fingerprint density at radius 2 is 2.09 bits per heavy atom. The van der Waals surface area contributed by atoms with Crippen molar-refractivity contribution in [3.8, 4) is 5.75 Å². The first kappa shape index (κ1) is 16.1. The fourth-order valence-corrected chi connectivity index (χ4v) is 3.61. The number of benzene rings is 1. The molecule has 0 spiro atoms. The van der Waals surface area contributed by atoms with Crippen LogP contribution in [0.25, 0.3) is 0 Å². The number of likely N-dealkylation sites (N-methyl/N-ethyl adjacent to an activating group) is 1. The van der Waals surface area contributed by atoms with E-state index >= 15 is 0 Å². The fraction of sp³-hybridized carbons (Fsp3) is 0.611. The number of fused-ring (bicyclic) bond motifs is 1. The summed E-state index contributed by atoms with van der Waals surface area (Å²) in [6, 6.07) is 4.84. The Morgan fingerprint density at radius 1 is 1.35 bits per heavy atom. The van der Waals surface area contributed by atoms with E-state index < -0.39 is 0 Å². The number of rotatable bonds is 4. The van der Waals surface area contributed by atoms with Gasteiger partial charge in [-0.3, -0.25) is 0 Å². The molecule has 1 saturated heterocycles. The Labute approximate surface area is 138 Å². The summed E-state index contributed by atoms with van der Waals surface area (Å²) in [4.78, 5) is 16.5. The minimum atomic E-state index is 0.0249. The van der Waals surface area contributed by atoms with Gasteiger partial charge < -0.3 is 19.9 Å². The molecule has 1 heterocycles. The molecular weight excluding hydrogens is 290 g/mol. The van der Waals surface area contributed by atoms with Gasteiger partial charge in [-0.15, -0.1) is 0 Å². The number of aryl methyl sites for hydroxylation is 2. The smallest absolute Gasteiger partial charge is 0.317 e. The quantitative estimate of drug-likeness (QED) is 0.924. The zero-order valence-corrected chi connectivity index (χ0v) is 14.4. The predicted molar refractivity (Wildman–Crippen MR) is 90.9 cm³/mol. The first-order valence-electron chi connectivity index (χ1n) is 8.46. The number of carbonyl (C=O) groups excluding carboxylic acids is 1.